The lowest BCUT2D eigenvalue weighted by Crippen LogP contribution is -2.33. The van der Waals surface area contributed by atoms with Gasteiger partial charge in [-0.25, -0.2) is 8.42 Å². The predicted octanol–water partition coefficient (Wildman–Crippen LogP) is 0.0999. The van der Waals surface area contributed by atoms with Gasteiger partial charge in [-0.15, -0.1) is 5.10 Å². The second-order valence-electron chi connectivity index (χ2n) is 4.23. The van der Waals surface area contributed by atoms with Crippen molar-refractivity contribution in [3.05, 3.63) is 17.8 Å². The Bertz CT molecular complexity index is 545. The number of nitrogens with one attached hydrogen (secondary N) is 1. The third-order valence-corrected chi connectivity index (χ3v) is 4.82. The van der Waals surface area contributed by atoms with Gasteiger partial charge < -0.3 is 11.1 Å². The highest BCUT2D eigenvalue weighted by atomic mass is 32.2. The Balaban J connectivity index is 2.09. The van der Waals surface area contributed by atoms with Crippen LogP contribution in [0, 0.1) is 0 Å². The highest BCUT2D eigenvalue weighted by Gasteiger charge is 2.24. The van der Waals surface area contributed by atoms with E-state index in [2.05, 4.69) is 15.5 Å². The van der Waals surface area contributed by atoms with Gasteiger partial charge in [-0.2, -0.15) is 5.10 Å². The molecule has 1 aromatic heterocycles. The number of nitrogens with two attached hydrogens (primary N) is 1. The molecule has 1 saturated heterocycles. The SMILES string of the molecule is NC(=S)c1ccnnc1NC1CCS(=O)(=O)CC1. The summed E-state index contributed by atoms with van der Waals surface area (Å²) in [6, 6.07) is 1.76. The van der Waals surface area contributed by atoms with Gasteiger partial charge in [0.15, 0.2) is 5.82 Å². The molecule has 8 heteroatoms. The molecule has 0 atom stereocenters. The van der Waals surface area contributed by atoms with Crippen molar-refractivity contribution >= 4 is 32.9 Å². The van der Waals surface area contributed by atoms with Crippen LogP contribution in [0.4, 0.5) is 5.82 Å². The number of hydrogen-bond acceptors (Lipinski definition) is 6. The van der Waals surface area contributed by atoms with E-state index in [1.165, 1.54) is 6.20 Å². The van der Waals surface area contributed by atoms with Gasteiger partial charge in [0.2, 0.25) is 0 Å². The van der Waals surface area contributed by atoms with Gasteiger partial charge in [-0.1, -0.05) is 12.2 Å². The molecule has 0 aliphatic carbocycles. The van der Waals surface area contributed by atoms with Gasteiger partial charge >= 0.3 is 0 Å². The third kappa shape index (κ3) is 3.14. The van der Waals surface area contributed by atoms with Crippen LogP contribution in [-0.2, 0) is 9.84 Å². The van der Waals surface area contributed by atoms with Crippen molar-refractivity contribution < 1.29 is 8.42 Å². The highest BCUT2D eigenvalue weighted by Crippen LogP contribution is 2.18. The monoisotopic (exact) mass is 286 g/mol. The number of anilines is 1. The van der Waals surface area contributed by atoms with Crippen LogP contribution in [0.2, 0.25) is 0 Å². The first-order valence-electron chi connectivity index (χ1n) is 5.56. The lowest BCUT2D eigenvalue weighted by Gasteiger charge is -2.24. The summed E-state index contributed by atoms with van der Waals surface area (Å²) < 4.78 is 22.7. The molecule has 2 rings (SSSR count). The zero-order valence-electron chi connectivity index (χ0n) is 9.67. The van der Waals surface area contributed by atoms with Crippen LogP contribution in [0.3, 0.4) is 0 Å². The van der Waals surface area contributed by atoms with Crippen molar-refractivity contribution in [2.45, 2.75) is 18.9 Å². The van der Waals surface area contributed by atoms with E-state index in [1.54, 1.807) is 6.07 Å². The minimum Gasteiger partial charge on any atom is -0.389 e. The van der Waals surface area contributed by atoms with Gasteiger partial charge in [0, 0.05) is 6.04 Å². The lowest BCUT2D eigenvalue weighted by molar-refractivity contribution is 0.558. The van der Waals surface area contributed by atoms with Crippen molar-refractivity contribution in [1.29, 1.82) is 0 Å². The lowest BCUT2D eigenvalue weighted by atomic mass is 10.1. The van der Waals surface area contributed by atoms with Crippen LogP contribution in [-0.4, -0.2) is 41.2 Å². The molecule has 18 heavy (non-hydrogen) atoms. The Morgan fingerprint density at radius 2 is 2.11 bits per heavy atom. The predicted molar refractivity (Wildman–Crippen MR) is 73.2 cm³/mol. The minimum absolute atomic E-state index is 0.0679. The molecular weight excluding hydrogens is 272 g/mol. The fourth-order valence-electron chi connectivity index (χ4n) is 1.86. The molecule has 1 aromatic rings. The zero-order chi connectivity index (χ0) is 13.2. The largest absolute Gasteiger partial charge is 0.389 e. The summed E-state index contributed by atoms with van der Waals surface area (Å²) in [6.45, 7) is 0. The molecule has 0 bridgehead atoms. The summed E-state index contributed by atoms with van der Waals surface area (Å²) in [5.41, 5.74) is 6.22. The first kappa shape index (κ1) is 13.2. The van der Waals surface area contributed by atoms with E-state index in [-0.39, 0.29) is 22.5 Å². The van der Waals surface area contributed by atoms with E-state index >= 15 is 0 Å². The maximum atomic E-state index is 11.3. The summed E-state index contributed by atoms with van der Waals surface area (Å²) in [4.78, 5) is 0.246. The van der Waals surface area contributed by atoms with Crippen LogP contribution in [0.25, 0.3) is 0 Å². The smallest absolute Gasteiger partial charge is 0.159 e. The first-order chi connectivity index (χ1) is 8.48. The number of thiocarbonyl (C=S) groups is 1. The van der Waals surface area contributed by atoms with Gasteiger partial charge in [0.25, 0.3) is 0 Å². The Labute approximate surface area is 111 Å². The van der Waals surface area contributed by atoms with E-state index in [0.717, 1.165) is 0 Å². The van der Waals surface area contributed by atoms with Crippen LogP contribution < -0.4 is 11.1 Å². The fraction of sp³-hybridized carbons (Fsp3) is 0.500. The molecule has 0 unspecified atom stereocenters. The molecule has 1 fully saturated rings. The minimum atomic E-state index is -2.86. The Hall–Kier alpha value is -1.28. The van der Waals surface area contributed by atoms with Gasteiger partial charge in [0.05, 0.1) is 23.3 Å². The van der Waals surface area contributed by atoms with Crippen LogP contribution in [0.15, 0.2) is 12.3 Å². The average molecular weight is 286 g/mol. The number of nitrogens with zero attached hydrogens (tertiary/aromatic N) is 2. The van der Waals surface area contributed by atoms with Crippen molar-refractivity contribution in [1.82, 2.24) is 10.2 Å². The van der Waals surface area contributed by atoms with Crippen molar-refractivity contribution in [3.8, 4) is 0 Å². The van der Waals surface area contributed by atoms with Crippen molar-refractivity contribution in [2.75, 3.05) is 16.8 Å². The standard InChI is InChI=1S/C10H14N4O2S2/c11-9(17)8-1-4-12-14-10(8)13-7-2-5-18(15,16)6-3-7/h1,4,7H,2-3,5-6H2,(H2,11,17)(H,13,14). The molecule has 1 aliphatic rings. The molecule has 1 aliphatic heterocycles. The summed E-state index contributed by atoms with van der Waals surface area (Å²) >= 11 is 4.93. The highest BCUT2D eigenvalue weighted by molar-refractivity contribution is 7.91. The van der Waals surface area contributed by atoms with E-state index in [0.29, 0.717) is 24.2 Å². The molecule has 0 aromatic carbocycles. The van der Waals surface area contributed by atoms with Crippen LogP contribution in [0.1, 0.15) is 18.4 Å². The second kappa shape index (κ2) is 5.15. The quantitative estimate of drug-likeness (QED) is 0.760. The number of rotatable bonds is 3. The molecular formula is C10H14N4O2S2. The van der Waals surface area contributed by atoms with Gasteiger partial charge in [0.1, 0.15) is 14.8 Å². The van der Waals surface area contributed by atoms with Gasteiger partial charge in [-0.05, 0) is 18.9 Å². The Morgan fingerprint density at radius 3 is 2.72 bits per heavy atom. The maximum Gasteiger partial charge on any atom is 0.159 e. The van der Waals surface area contributed by atoms with Crippen LogP contribution >= 0.6 is 12.2 Å². The third-order valence-electron chi connectivity index (χ3n) is 2.88. The molecule has 0 spiro atoms. The Morgan fingerprint density at radius 1 is 1.44 bits per heavy atom. The molecule has 6 nitrogen and oxygen atoms in total. The molecule has 98 valence electrons. The summed E-state index contributed by atoms with van der Waals surface area (Å²) in [5.74, 6) is 0.926. The summed E-state index contributed by atoms with van der Waals surface area (Å²) in [5, 5.41) is 10.9. The second-order valence-corrected chi connectivity index (χ2v) is 6.97. The Kier molecular flexibility index (Phi) is 3.76. The molecule has 3 N–H and O–H groups in total. The summed E-state index contributed by atoms with van der Waals surface area (Å²) in [6.07, 6.45) is 2.65. The van der Waals surface area contributed by atoms with Crippen molar-refractivity contribution in [2.24, 2.45) is 5.73 Å². The summed E-state index contributed by atoms with van der Waals surface area (Å²) in [7, 11) is -2.86. The first-order valence-corrected chi connectivity index (χ1v) is 7.79. The molecule has 0 amide bonds. The number of sulfone groups is 1. The van der Waals surface area contributed by atoms with Gasteiger partial charge in [-0.3, -0.25) is 0 Å². The van der Waals surface area contributed by atoms with E-state index in [9.17, 15) is 8.42 Å². The number of aromatic nitrogens is 2. The normalized spacial score (nSPS) is 19.3. The fourth-order valence-corrected chi connectivity index (χ4v) is 3.52. The maximum absolute atomic E-state index is 11.3. The topological polar surface area (TPSA) is 98.0 Å². The van der Waals surface area contributed by atoms with E-state index in [4.69, 9.17) is 18.0 Å². The average Bonchev–Trinajstić information content (AvgIpc) is 2.32. The van der Waals surface area contributed by atoms with E-state index < -0.39 is 9.84 Å². The molecule has 0 saturated carbocycles. The van der Waals surface area contributed by atoms with Crippen molar-refractivity contribution in [3.63, 3.8) is 0 Å². The number of hydrogen-bond donors (Lipinski definition) is 2. The zero-order valence-corrected chi connectivity index (χ0v) is 11.3. The van der Waals surface area contributed by atoms with E-state index in [1.807, 2.05) is 0 Å². The molecule has 2 heterocycles. The molecule has 0 radical (unpaired) electrons. The van der Waals surface area contributed by atoms with Crippen LogP contribution in [0.5, 0.6) is 0 Å².